The molecule has 0 radical (unpaired) electrons. The van der Waals surface area contributed by atoms with E-state index >= 15 is 0 Å². The second kappa shape index (κ2) is 7.58. The first kappa shape index (κ1) is 18.0. The average molecular weight is 377 g/mol. The Balaban J connectivity index is 1.81. The molecule has 3 rings (SSSR count). The van der Waals surface area contributed by atoms with E-state index in [1.807, 2.05) is 16.3 Å². The van der Waals surface area contributed by atoms with E-state index in [1.54, 1.807) is 24.3 Å². The molecule has 1 aliphatic heterocycles. The first-order valence-electron chi connectivity index (χ1n) is 8.46. The molecule has 1 aromatic carbocycles. The Kier molecular flexibility index (Phi) is 5.45. The third kappa shape index (κ3) is 3.72. The van der Waals surface area contributed by atoms with Crippen LogP contribution in [0.3, 0.4) is 0 Å². The van der Waals surface area contributed by atoms with E-state index in [0.29, 0.717) is 27.1 Å². The highest BCUT2D eigenvalue weighted by molar-refractivity contribution is 7.12. The van der Waals surface area contributed by atoms with E-state index in [4.69, 9.17) is 11.6 Å². The Morgan fingerprint density at radius 1 is 1.36 bits per heavy atom. The van der Waals surface area contributed by atoms with Gasteiger partial charge in [-0.3, -0.25) is 9.59 Å². The summed E-state index contributed by atoms with van der Waals surface area (Å²) in [6.07, 6.45) is 1.97. The van der Waals surface area contributed by atoms with E-state index < -0.39 is 0 Å². The molecule has 132 valence electrons. The van der Waals surface area contributed by atoms with Crippen LogP contribution in [0.15, 0.2) is 35.7 Å². The number of hydrogen-bond donors (Lipinski definition) is 1. The molecular formula is C19H21ClN2O2S. The van der Waals surface area contributed by atoms with Gasteiger partial charge >= 0.3 is 0 Å². The topological polar surface area (TPSA) is 49.4 Å². The third-order valence-electron chi connectivity index (χ3n) is 4.77. The number of halogens is 1. The standard InChI is InChI=1S/C19H21ClN2O2S/c1-3-16-12(2)8-9-22(16)19(24)13-6-7-14(20)15(11-13)21-18(23)17-5-4-10-25-17/h4-7,10-12,16H,3,8-9H2,1-2H3,(H,21,23)/t12-,16+/m1/s1. The summed E-state index contributed by atoms with van der Waals surface area (Å²) in [4.78, 5) is 27.7. The molecule has 2 heterocycles. The molecule has 1 fully saturated rings. The summed E-state index contributed by atoms with van der Waals surface area (Å²) in [6.45, 7) is 5.08. The maximum absolute atomic E-state index is 12.9. The van der Waals surface area contributed by atoms with Crippen molar-refractivity contribution in [1.29, 1.82) is 0 Å². The van der Waals surface area contributed by atoms with Crippen molar-refractivity contribution in [2.24, 2.45) is 5.92 Å². The third-order valence-corrected chi connectivity index (χ3v) is 5.97. The Morgan fingerprint density at radius 2 is 2.16 bits per heavy atom. The summed E-state index contributed by atoms with van der Waals surface area (Å²) in [7, 11) is 0. The minimum absolute atomic E-state index is 0.000473. The predicted molar refractivity (Wildman–Crippen MR) is 103 cm³/mol. The zero-order chi connectivity index (χ0) is 18.0. The summed E-state index contributed by atoms with van der Waals surface area (Å²) in [5, 5.41) is 5.06. The first-order valence-corrected chi connectivity index (χ1v) is 9.72. The Morgan fingerprint density at radius 3 is 2.84 bits per heavy atom. The number of carbonyl (C=O) groups excluding carboxylic acids is 2. The van der Waals surface area contributed by atoms with Crippen LogP contribution >= 0.6 is 22.9 Å². The SMILES string of the molecule is CC[C@H]1[C@H](C)CCN1C(=O)c1ccc(Cl)c(NC(=O)c2cccs2)c1. The molecule has 1 aliphatic rings. The molecule has 0 saturated carbocycles. The van der Waals surface area contributed by atoms with Gasteiger partial charge in [0, 0.05) is 18.2 Å². The molecule has 0 bridgehead atoms. The van der Waals surface area contributed by atoms with Crippen molar-refractivity contribution in [3.63, 3.8) is 0 Å². The normalized spacial score (nSPS) is 19.9. The Bertz CT molecular complexity index is 776. The molecule has 1 saturated heterocycles. The quantitative estimate of drug-likeness (QED) is 0.823. The highest BCUT2D eigenvalue weighted by Gasteiger charge is 2.33. The lowest BCUT2D eigenvalue weighted by atomic mass is 10.0. The fraction of sp³-hybridized carbons (Fsp3) is 0.368. The second-order valence-corrected chi connectivity index (χ2v) is 7.72. The molecule has 2 amide bonds. The lowest BCUT2D eigenvalue weighted by Crippen LogP contribution is -2.37. The minimum atomic E-state index is -0.220. The highest BCUT2D eigenvalue weighted by atomic mass is 35.5. The van der Waals surface area contributed by atoms with Crippen LogP contribution in [0.25, 0.3) is 0 Å². The fourth-order valence-corrected chi connectivity index (χ4v) is 4.18. The molecule has 2 aromatic rings. The van der Waals surface area contributed by atoms with Gasteiger partial charge in [0.15, 0.2) is 0 Å². The number of nitrogens with one attached hydrogen (secondary N) is 1. The van der Waals surface area contributed by atoms with Crippen LogP contribution in [0.2, 0.25) is 5.02 Å². The summed E-state index contributed by atoms with van der Waals surface area (Å²) >= 11 is 7.57. The van der Waals surface area contributed by atoms with Gasteiger partial charge in [0.1, 0.15) is 0 Å². The number of benzene rings is 1. The van der Waals surface area contributed by atoms with Gasteiger partial charge < -0.3 is 10.2 Å². The lowest BCUT2D eigenvalue weighted by molar-refractivity contribution is 0.0718. The largest absolute Gasteiger partial charge is 0.335 e. The van der Waals surface area contributed by atoms with Crippen LogP contribution in [-0.2, 0) is 0 Å². The van der Waals surface area contributed by atoms with Crippen LogP contribution in [0.5, 0.6) is 0 Å². The van der Waals surface area contributed by atoms with Gasteiger partial charge in [-0.15, -0.1) is 11.3 Å². The van der Waals surface area contributed by atoms with Crippen molar-refractivity contribution in [3.05, 3.63) is 51.2 Å². The van der Waals surface area contributed by atoms with Gasteiger partial charge in [0.25, 0.3) is 11.8 Å². The van der Waals surface area contributed by atoms with Gasteiger partial charge in [-0.1, -0.05) is 31.5 Å². The number of amides is 2. The number of carbonyl (C=O) groups is 2. The summed E-state index contributed by atoms with van der Waals surface area (Å²) < 4.78 is 0. The van der Waals surface area contributed by atoms with Crippen LogP contribution in [-0.4, -0.2) is 29.3 Å². The van der Waals surface area contributed by atoms with E-state index in [9.17, 15) is 9.59 Å². The molecule has 2 atom stereocenters. The number of likely N-dealkylation sites (tertiary alicyclic amines) is 1. The maximum atomic E-state index is 12.9. The van der Waals surface area contributed by atoms with Gasteiger partial charge in [0.2, 0.25) is 0 Å². The number of nitrogens with zero attached hydrogens (tertiary/aromatic N) is 1. The molecule has 1 aromatic heterocycles. The first-order chi connectivity index (χ1) is 12.0. The maximum Gasteiger partial charge on any atom is 0.265 e. The molecule has 0 aliphatic carbocycles. The second-order valence-electron chi connectivity index (χ2n) is 6.37. The molecular weight excluding hydrogens is 356 g/mol. The van der Waals surface area contributed by atoms with Crippen molar-refractivity contribution in [2.45, 2.75) is 32.7 Å². The molecule has 1 N–H and O–H groups in total. The van der Waals surface area contributed by atoms with Crippen LogP contribution in [0.1, 0.15) is 46.7 Å². The van der Waals surface area contributed by atoms with E-state index in [-0.39, 0.29) is 17.9 Å². The molecule has 0 unspecified atom stereocenters. The van der Waals surface area contributed by atoms with Crippen LogP contribution < -0.4 is 5.32 Å². The Labute approximate surface area is 156 Å². The summed E-state index contributed by atoms with van der Waals surface area (Å²) in [5.41, 5.74) is 1.02. The number of rotatable bonds is 4. The molecule has 25 heavy (non-hydrogen) atoms. The van der Waals surface area contributed by atoms with Gasteiger partial charge in [0.05, 0.1) is 15.6 Å². The monoisotopic (exact) mass is 376 g/mol. The minimum Gasteiger partial charge on any atom is -0.335 e. The molecule has 0 spiro atoms. The van der Waals surface area contributed by atoms with Crippen molar-refractivity contribution in [2.75, 3.05) is 11.9 Å². The molecule has 4 nitrogen and oxygen atoms in total. The lowest BCUT2D eigenvalue weighted by Gasteiger charge is -2.26. The van der Waals surface area contributed by atoms with Crippen molar-refractivity contribution in [3.8, 4) is 0 Å². The number of anilines is 1. The number of hydrogen-bond acceptors (Lipinski definition) is 3. The van der Waals surface area contributed by atoms with Gasteiger partial charge in [-0.25, -0.2) is 0 Å². The smallest absolute Gasteiger partial charge is 0.265 e. The van der Waals surface area contributed by atoms with Crippen molar-refractivity contribution < 1.29 is 9.59 Å². The van der Waals surface area contributed by atoms with Crippen LogP contribution in [0, 0.1) is 5.92 Å². The zero-order valence-electron chi connectivity index (χ0n) is 14.3. The van der Waals surface area contributed by atoms with Crippen molar-refractivity contribution >= 4 is 40.4 Å². The van der Waals surface area contributed by atoms with Gasteiger partial charge in [-0.2, -0.15) is 0 Å². The van der Waals surface area contributed by atoms with E-state index in [0.717, 1.165) is 19.4 Å². The Hall–Kier alpha value is -1.85. The van der Waals surface area contributed by atoms with Gasteiger partial charge in [-0.05, 0) is 48.4 Å². The number of thiophene rings is 1. The molecule has 6 heteroatoms. The average Bonchev–Trinajstić information content (AvgIpc) is 3.25. The van der Waals surface area contributed by atoms with Crippen molar-refractivity contribution in [1.82, 2.24) is 4.90 Å². The summed E-state index contributed by atoms with van der Waals surface area (Å²) in [6, 6.07) is 8.90. The fourth-order valence-electron chi connectivity index (χ4n) is 3.39. The highest BCUT2D eigenvalue weighted by Crippen LogP contribution is 2.30. The van der Waals surface area contributed by atoms with Crippen LogP contribution in [0.4, 0.5) is 5.69 Å². The van der Waals surface area contributed by atoms with E-state index in [2.05, 4.69) is 19.2 Å². The summed E-state index contributed by atoms with van der Waals surface area (Å²) in [5.74, 6) is 0.293. The predicted octanol–water partition coefficient (Wildman–Crippen LogP) is 4.91. The zero-order valence-corrected chi connectivity index (χ0v) is 15.9. The van der Waals surface area contributed by atoms with E-state index in [1.165, 1.54) is 11.3 Å².